The number of hydrogen-bond donors (Lipinski definition) is 1. The number of nitro groups is 1. The number of anilines is 1. The Hall–Kier alpha value is -2.08. The molecule has 0 aliphatic rings. The molecule has 5 nitrogen and oxygen atoms in total. The lowest BCUT2D eigenvalue weighted by atomic mass is 10.2. The van der Waals surface area contributed by atoms with Crippen LogP contribution in [0.25, 0.3) is 0 Å². The maximum Gasteiger partial charge on any atom is 0.311 e. The molecule has 100 valence electrons. The van der Waals surface area contributed by atoms with Gasteiger partial charge in [-0.2, -0.15) is 0 Å². The maximum atomic E-state index is 10.9. The van der Waals surface area contributed by atoms with Gasteiger partial charge in [-0.25, -0.2) is 0 Å². The minimum absolute atomic E-state index is 0.0106. The average molecular weight is 278 g/mol. The monoisotopic (exact) mass is 278 g/mol. The lowest BCUT2D eigenvalue weighted by molar-refractivity contribution is -0.385. The normalized spacial score (nSPS) is 10.2. The molecule has 1 heterocycles. The van der Waals surface area contributed by atoms with E-state index in [1.54, 1.807) is 30.4 Å². The molecule has 0 amide bonds. The van der Waals surface area contributed by atoms with Crippen LogP contribution in [0.4, 0.5) is 11.4 Å². The third-order valence-corrected chi connectivity index (χ3v) is 3.38. The first-order valence-corrected chi connectivity index (χ1v) is 6.76. The van der Waals surface area contributed by atoms with E-state index in [1.165, 1.54) is 10.9 Å². The molecule has 0 saturated carbocycles. The van der Waals surface area contributed by atoms with Gasteiger partial charge in [0, 0.05) is 29.2 Å². The van der Waals surface area contributed by atoms with E-state index in [9.17, 15) is 10.1 Å². The van der Waals surface area contributed by atoms with Crippen LogP contribution in [0, 0.1) is 10.1 Å². The Morgan fingerprint density at radius 3 is 2.89 bits per heavy atom. The summed E-state index contributed by atoms with van der Waals surface area (Å²) in [5.74, 6) is 0.295. The van der Waals surface area contributed by atoms with Crippen molar-refractivity contribution >= 4 is 22.7 Å². The molecule has 6 heteroatoms. The minimum Gasteiger partial charge on any atom is -0.487 e. The van der Waals surface area contributed by atoms with E-state index in [1.807, 2.05) is 17.5 Å². The third-order valence-electron chi connectivity index (χ3n) is 2.50. The van der Waals surface area contributed by atoms with Gasteiger partial charge in [-0.15, -0.1) is 11.3 Å². The van der Waals surface area contributed by atoms with Crippen LogP contribution in [0.2, 0.25) is 0 Å². The van der Waals surface area contributed by atoms with Gasteiger partial charge in [0.2, 0.25) is 0 Å². The molecule has 19 heavy (non-hydrogen) atoms. The van der Waals surface area contributed by atoms with E-state index < -0.39 is 4.92 Å². The second-order valence-corrected chi connectivity index (χ2v) is 4.84. The number of rotatable bonds is 6. The average Bonchev–Trinajstić information content (AvgIpc) is 2.90. The summed E-state index contributed by atoms with van der Waals surface area (Å²) in [7, 11) is 0. The van der Waals surface area contributed by atoms with E-state index in [2.05, 4.69) is 5.32 Å². The lowest BCUT2D eigenvalue weighted by Crippen LogP contribution is -2.01. The predicted molar refractivity (Wildman–Crippen MR) is 75.9 cm³/mol. The van der Waals surface area contributed by atoms with Crippen LogP contribution in [0.15, 0.2) is 35.7 Å². The Morgan fingerprint density at radius 1 is 1.42 bits per heavy atom. The molecule has 1 aromatic carbocycles. The minimum atomic E-state index is -0.436. The number of thiophene rings is 1. The number of hydrogen-bond acceptors (Lipinski definition) is 5. The van der Waals surface area contributed by atoms with Gasteiger partial charge >= 0.3 is 5.69 Å². The highest BCUT2D eigenvalue weighted by molar-refractivity contribution is 7.09. The first-order chi connectivity index (χ1) is 9.20. The third kappa shape index (κ3) is 3.45. The zero-order valence-corrected chi connectivity index (χ0v) is 11.3. The smallest absolute Gasteiger partial charge is 0.311 e. The molecule has 1 N–H and O–H groups in total. The second kappa shape index (κ2) is 6.19. The standard InChI is InChI=1S/C13H14N2O3S/c1-2-18-13-8-10(5-6-12(13)15(16)17)14-9-11-4-3-7-19-11/h3-8,14H,2,9H2,1H3. The summed E-state index contributed by atoms with van der Waals surface area (Å²) in [6.07, 6.45) is 0. The molecule has 2 aromatic rings. The van der Waals surface area contributed by atoms with Gasteiger partial charge in [0.05, 0.1) is 11.5 Å². The quantitative estimate of drug-likeness (QED) is 0.647. The molecule has 0 aliphatic carbocycles. The lowest BCUT2D eigenvalue weighted by Gasteiger charge is -2.08. The molecular weight excluding hydrogens is 264 g/mol. The Kier molecular flexibility index (Phi) is 4.35. The summed E-state index contributed by atoms with van der Waals surface area (Å²) in [4.78, 5) is 11.6. The summed E-state index contributed by atoms with van der Waals surface area (Å²) >= 11 is 1.66. The van der Waals surface area contributed by atoms with Crippen molar-refractivity contribution in [2.24, 2.45) is 0 Å². The van der Waals surface area contributed by atoms with Crippen LogP contribution >= 0.6 is 11.3 Å². The van der Waals surface area contributed by atoms with Gasteiger partial charge in [0.15, 0.2) is 5.75 Å². The van der Waals surface area contributed by atoms with Crippen LogP contribution in [-0.2, 0) is 6.54 Å². The van der Waals surface area contributed by atoms with Crippen LogP contribution < -0.4 is 10.1 Å². The summed E-state index contributed by atoms with van der Waals surface area (Å²) < 4.78 is 5.30. The number of nitrogens with zero attached hydrogens (tertiary/aromatic N) is 1. The summed E-state index contributed by atoms with van der Waals surface area (Å²) in [5, 5.41) is 16.1. The first-order valence-electron chi connectivity index (χ1n) is 5.88. The molecule has 0 bridgehead atoms. The molecule has 0 fully saturated rings. The Balaban J connectivity index is 2.13. The summed E-state index contributed by atoms with van der Waals surface area (Å²) in [6, 6.07) is 8.83. The Bertz CT molecular complexity index is 555. The molecular formula is C13H14N2O3S. The van der Waals surface area contributed by atoms with Crippen molar-refractivity contribution in [1.82, 2.24) is 0 Å². The predicted octanol–water partition coefficient (Wildman–Crippen LogP) is 3.67. The highest BCUT2D eigenvalue weighted by atomic mass is 32.1. The van der Waals surface area contributed by atoms with Gasteiger partial charge in [-0.1, -0.05) is 6.07 Å². The van der Waals surface area contributed by atoms with Gasteiger partial charge in [-0.3, -0.25) is 10.1 Å². The van der Waals surface area contributed by atoms with Crippen LogP contribution in [0.5, 0.6) is 5.75 Å². The van der Waals surface area contributed by atoms with Crippen molar-refractivity contribution in [2.45, 2.75) is 13.5 Å². The zero-order chi connectivity index (χ0) is 13.7. The van der Waals surface area contributed by atoms with E-state index in [-0.39, 0.29) is 5.69 Å². The van der Waals surface area contributed by atoms with E-state index in [4.69, 9.17) is 4.74 Å². The molecule has 0 radical (unpaired) electrons. The van der Waals surface area contributed by atoms with Crippen LogP contribution in [-0.4, -0.2) is 11.5 Å². The van der Waals surface area contributed by atoms with Gasteiger partial charge in [-0.05, 0) is 24.4 Å². The van der Waals surface area contributed by atoms with Gasteiger partial charge in [0.25, 0.3) is 0 Å². The Morgan fingerprint density at radius 2 is 2.26 bits per heavy atom. The number of nitrogens with one attached hydrogen (secondary N) is 1. The highest BCUT2D eigenvalue weighted by Crippen LogP contribution is 2.30. The van der Waals surface area contributed by atoms with Crippen molar-refractivity contribution in [3.05, 3.63) is 50.7 Å². The fourth-order valence-corrected chi connectivity index (χ4v) is 2.29. The first kappa shape index (κ1) is 13.4. The number of nitro benzene ring substituents is 1. The van der Waals surface area contributed by atoms with Crippen LogP contribution in [0.1, 0.15) is 11.8 Å². The summed E-state index contributed by atoms with van der Waals surface area (Å²) in [6.45, 7) is 2.89. The number of ether oxygens (including phenoxy) is 1. The SMILES string of the molecule is CCOc1cc(NCc2cccs2)ccc1[N+](=O)[O-]. The van der Waals surface area contributed by atoms with Crippen molar-refractivity contribution in [3.63, 3.8) is 0 Å². The molecule has 1 aromatic heterocycles. The molecule has 0 atom stereocenters. The molecule has 0 spiro atoms. The highest BCUT2D eigenvalue weighted by Gasteiger charge is 2.15. The van der Waals surface area contributed by atoms with Gasteiger partial charge < -0.3 is 10.1 Å². The van der Waals surface area contributed by atoms with E-state index in [0.29, 0.717) is 18.9 Å². The Labute approximate surface area is 115 Å². The van der Waals surface area contributed by atoms with Crippen LogP contribution in [0.3, 0.4) is 0 Å². The summed E-state index contributed by atoms with van der Waals surface area (Å²) in [5.41, 5.74) is 0.797. The molecule has 0 aliphatic heterocycles. The van der Waals surface area contributed by atoms with Crippen molar-refractivity contribution in [2.75, 3.05) is 11.9 Å². The second-order valence-electron chi connectivity index (χ2n) is 3.81. The maximum absolute atomic E-state index is 10.9. The van der Waals surface area contributed by atoms with Crippen molar-refractivity contribution < 1.29 is 9.66 Å². The fraction of sp³-hybridized carbons (Fsp3) is 0.231. The molecule has 2 rings (SSSR count). The molecule has 0 saturated heterocycles. The van der Waals surface area contributed by atoms with Gasteiger partial charge in [0.1, 0.15) is 0 Å². The van der Waals surface area contributed by atoms with Crippen molar-refractivity contribution in [1.29, 1.82) is 0 Å². The van der Waals surface area contributed by atoms with E-state index >= 15 is 0 Å². The fourth-order valence-electron chi connectivity index (χ4n) is 1.65. The zero-order valence-electron chi connectivity index (χ0n) is 10.5. The molecule has 0 unspecified atom stereocenters. The van der Waals surface area contributed by atoms with E-state index in [0.717, 1.165) is 5.69 Å². The van der Waals surface area contributed by atoms with Crippen molar-refractivity contribution in [3.8, 4) is 5.75 Å². The number of benzene rings is 1. The largest absolute Gasteiger partial charge is 0.487 e. The topological polar surface area (TPSA) is 64.4 Å².